The molecule has 2 atom stereocenters. The van der Waals surface area contributed by atoms with Crippen LogP contribution in [0.2, 0.25) is 0 Å². The molecule has 0 saturated carbocycles. The predicted molar refractivity (Wildman–Crippen MR) is 66.7 cm³/mol. The second-order valence-electron chi connectivity index (χ2n) is 3.22. The number of hydrogen-bond acceptors (Lipinski definition) is 1. The highest BCUT2D eigenvalue weighted by atomic mass is 79.9. The van der Waals surface area contributed by atoms with E-state index in [0.29, 0.717) is 5.33 Å². The first-order valence-electron chi connectivity index (χ1n) is 4.13. The summed E-state index contributed by atoms with van der Waals surface area (Å²) in [5, 5.41) is 0.329. The maximum absolute atomic E-state index is 10.1. The number of rotatable bonds is 5. The summed E-state index contributed by atoms with van der Waals surface area (Å²) >= 11 is 15.5. The van der Waals surface area contributed by atoms with Crippen molar-refractivity contribution in [1.82, 2.24) is 0 Å². The fourth-order valence-electron chi connectivity index (χ4n) is 0.673. The zero-order valence-corrected chi connectivity index (χ0v) is 11.2. The minimum Gasteiger partial charge on any atom is -0.299 e. The van der Waals surface area contributed by atoms with Gasteiger partial charge in [0.1, 0.15) is 6.29 Å². The highest BCUT2D eigenvalue weighted by Crippen LogP contribution is 2.27. The SMILES string of the molecule is CC(C=CC(Cl)C(C)(Cl)CBr)=CC=O. The minimum absolute atomic E-state index is 0.279. The first kappa shape index (κ1) is 14.2. The van der Waals surface area contributed by atoms with Gasteiger partial charge in [0.05, 0.1) is 10.3 Å². The van der Waals surface area contributed by atoms with Gasteiger partial charge in [0.25, 0.3) is 0 Å². The first-order valence-corrected chi connectivity index (χ1v) is 6.07. The van der Waals surface area contributed by atoms with Crippen LogP contribution < -0.4 is 0 Å². The molecule has 1 nitrogen and oxygen atoms in total. The van der Waals surface area contributed by atoms with Crippen LogP contribution in [0.1, 0.15) is 13.8 Å². The average molecular weight is 300 g/mol. The van der Waals surface area contributed by atoms with Crippen molar-refractivity contribution in [2.75, 3.05) is 5.33 Å². The van der Waals surface area contributed by atoms with E-state index in [-0.39, 0.29) is 5.38 Å². The van der Waals surface area contributed by atoms with Gasteiger partial charge in [0.2, 0.25) is 0 Å². The molecule has 0 heterocycles. The monoisotopic (exact) mass is 298 g/mol. The molecule has 0 spiro atoms. The predicted octanol–water partition coefficient (Wildman–Crippen LogP) is 3.69. The van der Waals surface area contributed by atoms with Crippen LogP contribution in [0, 0.1) is 0 Å². The molecule has 0 aliphatic heterocycles. The van der Waals surface area contributed by atoms with Gasteiger partial charge in [-0.2, -0.15) is 0 Å². The van der Waals surface area contributed by atoms with Crippen molar-refractivity contribution >= 4 is 45.4 Å². The molecular weight excluding hydrogens is 287 g/mol. The summed E-state index contributed by atoms with van der Waals surface area (Å²) in [4.78, 5) is 9.62. The Morgan fingerprint density at radius 1 is 1.64 bits per heavy atom. The smallest absolute Gasteiger partial charge is 0.143 e. The van der Waals surface area contributed by atoms with E-state index < -0.39 is 4.87 Å². The number of carbonyl (C=O) groups excluding carboxylic acids is 1. The van der Waals surface area contributed by atoms with Gasteiger partial charge < -0.3 is 0 Å². The summed E-state index contributed by atoms with van der Waals surface area (Å²) in [7, 11) is 0. The molecule has 0 saturated heterocycles. The Labute approximate surface area is 103 Å². The van der Waals surface area contributed by atoms with Crippen LogP contribution in [0.5, 0.6) is 0 Å². The van der Waals surface area contributed by atoms with Crippen molar-refractivity contribution in [3.8, 4) is 0 Å². The van der Waals surface area contributed by atoms with E-state index in [1.54, 1.807) is 12.2 Å². The Bertz CT molecular complexity index is 247. The lowest BCUT2D eigenvalue weighted by atomic mass is 10.1. The van der Waals surface area contributed by atoms with Gasteiger partial charge in [-0.25, -0.2) is 0 Å². The molecule has 0 radical (unpaired) electrons. The lowest BCUT2D eigenvalue weighted by Crippen LogP contribution is -2.29. The topological polar surface area (TPSA) is 17.1 Å². The normalized spacial score (nSPS) is 19.4. The third kappa shape index (κ3) is 5.18. The molecule has 0 aliphatic carbocycles. The second kappa shape index (κ2) is 6.65. The Morgan fingerprint density at radius 2 is 2.21 bits per heavy atom. The average Bonchev–Trinajstić information content (AvgIpc) is 2.14. The van der Waals surface area contributed by atoms with Crippen LogP contribution in [0.15, 0.2) is 23.8 Å². The largest absolute Gasteiger partial charge is 0.299 e. The molecule has 0 rings (SSSR count). The van der Waals surface area contributed by atoms with Crippen LogP contribution in [-0.2, 0) is 4.79 Å². The third-order valence-corrected chi connectivity index (χ3v) is 4.29. The zero-order chi connectivity index (χ0) is 11.2. The lowest BCUT2D eigenvalue weighted by Gasteiger charge is -2.22. The van der Waals surface area contributed by atoms with E-state index in [4.69, 9.17) is 23.2 Å². The molecule has 0 aromatic heterocycles. The molecule has 0 bridgehead atoms. The maximum Gasteiger partial charge on any atom is 0.143 e. The van der Waals surface area contributed by atoms with E-state index in [1.807, 2.05) is 13.8 Å². The van der Waals surface area contributed by atoms with Crippen molar-refractivity contribution < 1.29 is 4.79 Å². The van der Waals surface area contributed by atoms with Crippen LogP contribution in [0.25, 0.3) is 0 Å². The summed E-state index contributed by atoms with van der Waals surface area (Å²) in [6.07, 6.45) is 5.79. The Morgan fingerprint density at radius 3 is 2.64 bits per heavy atom. The number of carbonyl (C=O) groups is 1. The maximum atomic E-state index is 10.1. The van der Waals surface area contributed by atoms with Crippen LogP contribution in [0.3, 0.4) is 0 Å². The van der Waals surface area contributed by atoms with Gasteiger partial charge in [0.15, 0.2) is 0 Å². The van der Waals surface area contributed by atoms with Gasteiger partial charge in [-0.1, -0.05) is 28.1 Å². The van der Waals surface area contributed by atoms with Crippen LogP contribution in [0.4, 0.5) is 0 Å². The van der Waals surface area contributed by atoms with E-state index in [1.165, 1.54) is 6.08 Å². The molecule has 80 valence electrons. The minimum atomic E-state index is -0.514. The number of halogens is 3. The molecule has 0 aromatic carbocycles. The molecule has 0 N–H and O–H groups in total. The molecular formula is C10H13BrCl2O. The van der Waals surface area contributed by atoms with Gasteiger partial charge in [-0.05, 0) is 25.5 Å². The summed E-state index contributed by atoms with van der Waals surface area (Å²) in [6, 6.07) is 0. The first-order chi connectivity index (χ1) is 6.44. The fraction of sp³-hybridized carbons (Fsp3) is 0.500. The van der Waals surface area contributed by atoms with E-state index in [2.05, 4.69) is 15.9 Å². The standard InChI is InChI=1S/C10H13BrCl2O/c1-8(5-6-14)3-4-9(12)10(2,13)7-11/h3-6,9H,7H2,1-2H3. The van der Waals surface area contributed by atoms with Crippen molar-refractivity contribution in [1.29, 1.82) is 0 Å². The van der Waals surface area contributed by atoms with Gasteiger partial charge >= 0.3 is 0 Å². The van der Waals surface area contributed by atoms with E-state index in [9.17, 15) is 4.79 Å². The molecule has 0 aliphatic rings. The Balaban J connectivity index is 4.38. The molecule has 0 amide bonds. The second-order valence-corrected chi connectivity index (χ2v) is 5.11. The third-order valence-electron chi connectivity index (χ3n) is 1.70. The lowest BCUT2D eigenvalue weighted by molar-refractivity contribution is -0.104. The van der Waals surface area contributed by atoms with Crippen LogP contribution in [-0.4, -0.2) is 21.9 Å². The van der Waals surface area contributed by atoms with Crippen molar-refractivity contribution in [3.05, 3.63) is 23.8 Å². The number of alkyl halides is 3. The Hall–Kier alpha value is 0.210. The molecule has 2 unspecified atom stereocenters. The molecule has 0 fully saturated rings. The Kier molecular flexibility index (Phi) is 6.75. The van der Waals surface area contributed by atoms with Gasteiger partial charge in [-0.3, -0.25) is 4.79 Å². The van der Waals surface area contributed by atoms with Gasteiger partial charge in [-0.15, -0.1) is 23.2 Å². The molecule has 0 aromatic rings. The summed E-state index contributed by atoms with van der Waals surface area (Å²) in [5.41, 5.74) is 0.854. The highest BCUT2D eigenvalue weighted by Gasteiger charge is 2.27. The highest BCUT2D eigenvalue weighted by molar-refractivity contribution is 9.09. The summed E-state index contributed by atoms with van der Waals surface area (Å²) < 4.78 is 0. The van der Waals surface area contributed by atoms with Gasteiger partial charge in [0, 0.05) is 5.33 Å². The van der Waals surface area contributed by atoms with Crippen LogP contribution >= 0.6 is 39.1 Å². The van der Waals surface area contributed by atoms with E-state index in [0.717, 1.165) is 11.9 Å². The fourth-order valence-corrected chi connectivity index (χ4v) is 1.43. The van der Waals surface area contributed by atoms with E-state index >= 15 is 0 Å². The van der Waals surface area contributed by atoms with Crippen molar-refractivity contribution in [2.45, 2.75) is 24.1 Å². The molecule has 4 heteroatoms. The zero-order valence-electron chi connectivity index (χ0n) is 8.14. The quantitative estimate of drug-likeness (QED) is 0.327. The number of hydrogen-bond donors (Lipinski definition) is 0. The van der Waals surface area contributed by atoms with Crippen molar-refractivity contribution in [2.24, 2.45) is 0 Å². The summed E-state index contributed by atoms with van der Waals surface area (Å²) in [6.45, 7) is 3.68. The number of aldehydes is 1. The molecule has 14 heavy (non-hydrogen) atoms. The van der Waals surface area contributed by atoms with Crippen molar-refractivity contribution in [3.63, 3.8) is 0 Å². The summed E-state index contributed by atoms with van der Waals surface area (Å²) in [5.74, 6) is 0. The number of allylic oxidation sites excluding steroid dienone is 4.